The highest BCUT2D eigenvalue weighted by Crippen LogP contribution is 2.38. The summed E-state index contributed by atoms with van der Waals surface area (Å²) in [7, 11) is 0. The molecular formula is C22H19ClN6O2. The first-order valence-electron chi connectivity index (χ1n) is 9.96. The summed E-state index contributed by atoms with van der Waals surface area (Å²) in [4.78, 5) is 21.6. The third-order valence-electron chi connectivity index (χ3n) is 5.19. The summed E-state index contributed by atoms with van der Waals surface area (Å²) < 4.78 is 7.03. The first-order chi connectivity index (χ1) is 15.1. The number of aromatic nitrogens is 5. The predicted molar refractivity (Wildman–Crippen MR) is 114 cm³/mol. The number of benzene rings is 1. The van der Waals surface area contributed by atoms with Gasteiger partial charge in [-0.25, -0.2) is 9.67 Å². The third-order valence-corrected chi connectivity index (χ3v) is 5.43. The first-order valence-corrected chi connectivity index (χ1v) is 10.3. The van der Waals surface area contributed by atoms with Gasteiger partial charge in [-0.15, -0.1) is 0 Å². The van der Waals surface area contributed by atoms with Crippen molar-refractivity contribution in [2.75, 3.05) is 0 Å². The third kappa shape index (κ3) is 4.06. The molecule has 3 aromatic heterocycles. The van der Waals surface area contributed by atoms with Gasteiger partial charge < -0.3 is 9.84 Å². The lowest BCUT2D eigenvalue weighted by atomic mass is 10.2. The van der Waals surface area contributed by atoms with Crippen molar-refractivity contribution in [1.82, 2.24) is 30.2 Å². The van der Waals surface area contributed by atoms with Gasteiger partial charge in [-0.2, -0.15) is 10.1 Å². The number of carbonyl (C=O) groups excluding carboxylic acids is 1. The second kappa shape index (κ2) is 7.96. The Morgan fingerprint density at radius 2 is 2.16 bits per heavy atom. The van der Waals surface area contributed by atoms with E-state index in [2.05, 4.69) is 25.5 Å². The normalized spacial score (nSPS) is 13.4. The predicted octanol–water partition coefficient (Wildman–Crippen LogP) is 4.09. The van der Waals surface area contributed by atoms with Crippen LogP contribution < -0.4 is 5.32 Å². The van der Waals surface area contributed by atoms with Crippen molar-refractivity contribution < 1.29 is 9.32 Å². The molecule has 1 N–H and O–H groups in total. The summed E-state index contributed by atoms with van der Waals surface area (Å²) >= 11 is 6.00. The summed E-state index contributed by atoms with van der Waals surface area (Å²) in [5, 5.41) is 12.0. The van der Waals surface area contributed by atoms with Gasteiger partial charge in [-0.1, -0.05) is 28.9 Å². The number of hydrogen-bond donors (Lipinski definition) is 1. The van der Waals surface area contributed by atoms with Crippen LogP contribution in [0.2, 0.25) is 5.02 Å². The van der Waals surface area contributed by atoms with Crippen molar-refractivity contribution in [2.45, 2.75) is 32.2 Å². The Labute approximate surface area is 183 Å². The molecule has 5 rings (SSSR count). The van der Waals surface area contributed by atoms with E-state index in [0.29, 0.717) is 40.5 Å². The summed E-state index contributed by atoms with van der Waals surface area (Å²) in [6.07, 6.45) is 5.41. The molecule has 0 saturated heterocycles. The molecule has 0 unspecified atom stereocenters. The topological polar surface area (TPSA) is 98.7 Å². The van der Waals surface area contributed by atoms with Crippen LogP contribution in [0, 0.1) is 6.92 Å². The van der Waals surface area contributed by atoms with Crippen LogP contribution in [0.15, 0.2) is 53.3 Å². The van der Waals surface area contributed by atoms with Crippen LogP contribution in [-0.2, 0) is 6.54 Å². The van der Waals surface area contributed by atoms with E-state index in [1.807, 2.05) is 37.3 Å². The van der Waals surface area contributed by atoms with Gasteiger partial charge in [0.05, 0.1) is 17.5 Å². The van der Waals surface area contributed by atoms with Crippen LogP contribution in [0.3, 0.4) is 0 Å². The molecule has 0 atom stereocenters. The molecule has 1 amide bonds. The molecule has 1 saturated carbocycles. The van der Waals surface area contributed by atoms with E-state index >= 15 is 0 Å². The van der Waals surface area contributed by atoms with Gasteiger partial charge in [-0.3, -0.25) is 4.79 Å². The minimum absolute atomic E-state index is 0.217. The Hall–Kier alpha value is -3.52. The van der Waals surface area contributed by atoms with Crippen molar-refractivity contribution >= 4 is 17.5 Å². The molecule has 0 spiro atoms. The minimum atomic E-state index is -0.217. The van der Waals surface area contributed by atoms with E-state index < -0.39 is 0 Å². The number of rotatable bonds is 6. The largest absolute Gasteiger partial charge is 0.348 e. The molecule has 8 nitrogen and oxygen atoms in total. The Kier molecular flexibility index (Phi) is 4.99. The zero-order valence-electron chi connectivity index (χ0n) is 16.7. The maximum Gasteiger partial charge on any atom is 0.258 e. The molecule has 1 fully saturated rings. The number of carbonyl (C=O) groups is 1. The highest BCUT2D eigenvalue weighted by molar-refractivity contribution is 6.30. The molecule has 1 aromatic carbocycles. The fourth-order valence-electron chi connectivity index (χ4n) is 3.31. The average Bonchev–Trinajstić information content (AvgIpc) is 3.37. The Bertz CT molecular complexity index is 1260. The molecule has 9 heteroatoms. The Morgan fingerprint density at radius 3 is 2.97 bits per heavy atom. The van der Waals surface area contributed by atoms with E-state index in [-0.39, 0.29) is 5.91 Å². The van der Waals surface area contributed by atoms with E-state index in [9.17, 15) is 4.79 Å². The second-order valence-electron chi connectivity index (χ2n) is 7.50. The number of amides is 1. The van der Waals surface area contributed by atoms with Gasteiger partial charge in [0, 0.05) is 29.2 Å². The fraction of sp³-hybridized carbons (Fsp3) is 0.227. The minimum Gasteiger partial charge on any atom is -0.348 e. The van der Waals surface area contributed by atoms with E-state index in [1.165, 1.54) is 6.20 Å². The number of nitrogens with zero attached hydrogens (tertiary/aromatic N) is 5. The van der Waals surface area contributed by atoms with Gasteiger partial charge >= 0.3 is 0 Å². The molecule has 1 aliphatic carbocycles. The van der Waals surface area contributed by atoms with Crippen LogP contribution >= 0.6 is 11.6 Å². The van der Waals surface area contributed by atoms with Crippen molar-refractivity contribution in [3.05, 3.63) is 76.5 Å². The molecule has 31 heavy (non-hydrogen) atoms. The molecule has 0 bridgehead atoms. The van der Waals surface area contributed by atoms with Crippen molar-refractivity contribution in [3.8, 4) is 17.3 Å². The molecule has 3 heterocycles. The molecule has 156 valence electrons. The van der Waals surface area contributed by atoms with Gasteiger partial charge in [-0.05, 0) is 49.6 Å². The SMILES string of the molecule is Cc1c(C(=O)NCc2cccc(Cl)c2)cnn1-c1cc(-c2nc(C3CC3)no2)ccn1. The monoisotopic (exact) mass is 434 g/mol. The number of nitrogens with one attached hydrogen (secondary N) is 1. The van der Waals surface area contributed by atoms with Crippen LogP contribution in [0.4, 0.5) is 0 Å². The van der Waals surface area contributed by atoms with Crippen LogP contribution in [0.25, 0.3) is 17.3 Å². The summed E-state index contributed by atoms with van der Waals surface area (Å²) in [5.74, 6) is 1.97. The zero-order chi connectivity index (χ0) is 21.4. The highest BCUT2D eigenvalue weighted by Gasteiger charge is 2.29. The number of hydrogen-bond acceptors (Lipinski definition) is 6. The van der Waals surface area contributed by atoms with E-state index in [1.54, 1.807) is 16.9 Å². The maximum atomic E-state index is 12.7. The molecule has 1 aliphatic rings. The van der Waals surface area contributed by atoms with Crippen LogP contribution in [0.1, 0.15) is 46.2 Å². The average molecular weight is 435 g/mol. The lowest BCUT2D eigenvalue weighted by molar-refractivity contribution is 0.0950. The van der Waals surface area contributed by atoms with Crippen molar-refractivity contribution in [3.63, 3.8) is 0 Å². The summed E-state index contributed by atoms with van der Waals surface area (Å²) in [6, 6.07) is 11.0. The smallest absolute Gasteiger partial charge is 0.258 e. The first kappa shape index (κ1) is 19.4. The molecule has 0 radical (unpaired) electrons. The standard InChI is InChI=1S/C22H19ClN6O2/c1-13-18(21(30)25-11-14-3-2-4-17(23)9-14)12-26-29(13)19-10-16(7-8-24-19)22-27-20(28-31-22)15-5-6-15/h2-4,7-10,12,15H,5-6,11H2,1H3,(H,25,30). The van der Waals surface area contributed by atoms with Gasteiger partial charge in [0.15, 0.2) is 11.6 Å². The summed E-state index contributed by atoms with van der Waals surface area (Å²) in [6.45, 7) is 2.20. The quantitative estimate of drug-likeness (QED) is 0.490. The van der Waals surface area contributed by atoms with Crippen molar-refractivity contribution in [2.24, 2.45) is 0 Å². The highest BCUT2D eigenvalue weighted by atomic mass is 35.5. The van der Waals surface area contributed by atoms with Gasteiger partial charge in [0.2, 0.25) is 0 Å². The fourth-order valence-corrected chi connectivity index (χ4v) is 3.53. The second-order valence-corrected chi connectivity index (χ2v) is 7.94. The van der Waals surface area contributed by atoms with Gasteiger partial charge in [0.25, 0.3) is 11.8 Å². The summed E-state index contributed by atoms with van der Waals surface area (Å²) in [5.41, 5.74) is 2.83. The van der Waals surface area contributed by atoms with Crippen LogP contribution in [-0.4, -0.2) is 30.8 Å². The molecular weight excluding hydrogens is 416 g/mol. The van der Waals surface area contributed by atoms with Crippen molar-refractivity contribution in [1.29, 1.82) is 0 Å². The Morgan fingerprint density at radius 1 is 1.29 bits per heavy atom. The lowest BCUT2D eigenvalue weighted by Crippen LogP contribution is -2.23. The van der Waals surface area contributed by atoms with Crippen LogP contribution in [0.5, 0.6) is 0 Å². The van der Waals surface area contributed by atoms with E-state index in [0.717, 1.165) is 29.8 Å². The molecule has 0 aliphatic heterocycles. The zero-order valence-corrected chi connectivity index (χ0v) is 17.5. The lowest BCUT2D eigenvalue weighted by Gasteiger charge is -2.07. The maximum absolute atomic E-state index is 12.7. The molecule has 4 aromatic rings. The number of halogens is 1. The Balaban J connectivity index is 1.35. The van der Waals surface area contributed by atoms with Gasteiger partial charge in [0.1, 0.15) is 0 Å². The number of pyridine rings is 1. The van der Waals surface area contributed by atoms with E-state index in [4.69, 9.17) is 16.1 Å².